The molecule has 8 nitrogen and oxygen atoms in total. The van der Waals surface area contributed by atoms with E-state index in [0.29, 0.717) is 18.2 Å². The van der Waals surface area contributed by atoms with Crippen LogP contribution in [-0.2, 0) is 7.05 Å². The van der Waals surface area contributed by atoms with Gasteiger partial charge in [-0.1, -0.05) is 12.1 Å². The quantitative estimate of drug-likeness (QED) is 0.630. The molecule has 4 rings (SSSR count). The van der Waals surface area contributed by atoms with Crippen LogP contribution in [-0.4, -0.2) is 58.3 Å². The van der Waals surface area contributed by atoms with Crippen LogP contribution < -0.4 is 9.64 Å². The van der Waals surface area contributed by atoms with Crippen molar-refractivity contribution in [2.75, 3.05) is 32.6 Å². The highest BCUT2D eigenvalue weighted by Crippen LogP contribution is 2.37. The van der Waals surface area contributed by atoms with Crippen molar-refractivity contribution in [3.05, 3.63) is 54.1 Å². The predicted octanol–water partition coefficient (Wildman–Crippen LogP) is 3.32. The van der Waals surface area contributed by atoms with E-state index >= 15 is 0 Å². The monoisotopic (exact) mass is 420 g/mol. The van der Waals surface area contributed by atoms with E-state index in [0.717, 1.165) is 41.8 Å². The second-order valence-corrected chi connectivity index (χ2v) is 7.94. The second kappa shape index (κ2) is 8.75. The number of hydrogen-bond donors (Lipinski definition) is 0. The number of aromatic nitrogens is 4. The number of methoxy groups -OCH3 is 1. The molecule has 1 aromatic carbocycles. The Morgan fingerprint density at radius 1 is 1.16 bits per heavy atom. The molecule has 2 aromatic heterocycles. The number of aryl methyl sites for hydroxylation is 1. The summed E-state index contributed by atoms with van der Waals surface area (Å²) in [5.41, 5.74) is 3.39. The summed E-state index contributed by atoms with van der Waals surface area (Å²) in [6.07, 6.45) is 6.40. The van der Waals surface area contributed by atoms with E-state index in [1.54, 1.807) is 31.1 Å². The Morgan fingerprint density at radius 2 is 1.94 bits per heavy atom. The number of benzene rings is 1. The first-order valence-corrected chi connectivity index (χ1v) is 10.5. The fourth-order valence-corrected chi connectivity index (χ4v) is 4.04. The summed E-state index contributed by atoms with van der Waals surface area (Å²) >= 11 is 0. The highest BCUT2D eigenvalue weighted by molar-refractivity contribution is 5.93. The van der Waals surface area contributed by atoms with Gasteiger partial charge in [-0.3, -0.25) is 9.48 Å². The van der Waals surface area contributed by atoms with E-state index in [1.165, 1.54) is 0 Å². The third kappa shape index (κ3) is 4.10. The molecule has 0 bridgehead atoms. The highest BCUT2D eigenvalue weighted by Gasteiger charge is 2.33. The normalized spacial score (nSPS) is 16.3. The fraction of sp³-hybridized carbons (Fsp3) is 0.391. The van der Waals surface area contributed by atoms with Gasteiger partial charge >= 0.3 is 0 Å². The maximum Gasteiger partial charge on any atom is 0.272 e. The van der Waals surface area contributed by atoms with Crippen LogP contribution >= 0.6 is 0 Å². The average molecular weight is 421 g/mol. The zero-order valence-corrected chi connectivity index (χ0v) is 18.4. The Balaban J connectivity index is 1.80. The van der Waals surface area contributed by atoms with Crippen LogP contribution in [0.5, 0.6) is 5.75 Å². The van der Waals surface area contributed by atoms with Crippen LogP contribution in [0, 0.1) is 0 Å². The predicted molar refractivity (Wildman–Crippen MR) is 119 cm³/mol. The van der Waals surface area contributed by atoms with Gasteiger partial charge in [0.1, 0.15) is 11.4 Å². The smallest absolute Gasteiger partial charge is 0.272 e. The van der Waals surface area contributed by atoms with E-state index in [9.17, 15) is 4.79 Å². The first kappa shape index (κ1) is 20.8. The van der Waals surface area contributed by atoms with Crippen LogP contribution in [0.2, 0.25) is 0 Å². The molecule has 0 radical (unpaired) electrons. The van der Waals surface area contributed by atoms with Gasteiger partial charge < -0.3 is 14.5 Å². The molecule has 1 amide bonds. The number of ether oxygens (including phenoxy) is 1. The van der Waals surface area contributed by atoms with Crippen molar-refractivity contribution < 1.29 is 9.53 Å². The zero-order valence-electron chi connectivity index (χ0n) is 18.4. The molecule has 1 atom stereocenters. The Bertz CT molecular complexity index is 1060. The van der Waals surface area contributed by atoms with Gasteiger partial charge in [-0.15, -0.1) is 0 Å². The fourth-order valence-electron chi connectivity index (χ4n) is 4.04. The molecule has 162 valence electrons. The lowest BCUT2D eigenvalue weighted by Gasteiger charge is -2.36. The molecule has 1 fully saturated rings. The summed E-state index contributed by atoms with van der Waals surface area (Å²) in [4.78, 5) is 26.7. The summed E-state index contributed by atoms with van der Waals surface area (Å²) in [6.45, 7) is 0.692. The molecule has 1 saturated heterocycles. The van der Waals surface area contributed by atoms with Gasteiger partial charge in [-0.2, -0.15) is 5.10 Å². The summed E-state index contributed by atoms with van der Waals surface area (Å²) in [5, 5.41) is 4.17. The lowest BCUT2D eigenvalue weighted by Crippen LogP contribution is -2.40. The first-order chi connectivity index (χ1) is 15.0. The Morgan fingerprint density at radius 3 is 2.58 bits per heavy atom. The lowest BCUT2D eigenvalue weighted by molar-refractivity contribution is 0.0595. The van der Waals surface area contributed by atoms with Crippen molar-refractivity contribution in [1.82, 2.24) is 24.6 Å². The van der Waals surface area contributed by atoms with Crippen molar-refractivity contribution in [1.29, 1.82) is 0 Å². The summed E-state index contributed by atoms with van der Waals surface area (Å²) in [7, 11) is 7.29. The zero-order chi connectivity index (χ0) is 22.0. The van der Waals surface area contributed by atoms with Gasteiger partial charge in [0.25, 0.3) is 5.91 Å². The average Bonchev–Trinajstić information content (AvgIpc) is 3.24. The molecule has 3 aromatic rings. The number of carbonyl (C=O) groups excluding carboxylic acids is 1. The molecule has 0 N–H and O–H groups in total. The molecule has 1 aliphatic heterocycles. The Labute approximate surface area is 182 Å². The van der Waals surface area contributed by atoms with Crippen LogP contribution in [0.3, 0.4) is 0 Å². The van der Waals surface area contributed by atoms with E-state index < -0.39 is 0 Å². The third-order valence-corrected chi connectivity index (χ3v) is 5.73. The molecule has 0 unspecified atom stereocenters. The highest BCUT2D eigenvalue weighted by atomic mass is 16.5. The maximum atomic E-state index is 13.4. The molecule has 1 aliphatic rings. The number of piperidine rings is 1. The van der Waals surface area contributed by atoms with E-state index in [-0.39, 0.29) is 11.9 Å². The number of carbonyl (C=O) groups is 1. The van der Waals surface area contributed by atoms with Gasteiger partial charge in [0.2, 0.25) is 5.95 Å². The van der Waals surface area contributed by atoms with E-state index in [1.807, 2.05) is 54.4 Å². The Kier molecular flexibility index (Phi) is 5.88. The van der Waals surface area contributed by atoms with Crippen molar-refractivity contribution in [3.8, 4) is 16.9 Å². The molecular formula is C23H28N6O2. The molecule has 0 spiro atoms. The third-order valence-electron chi connectivity index (χ3n) is 5.73. The summed E-state index contributed by atoms with van der Waals surface area (Å²) in [5.74, 6) is 1.41. The number of anilines is 1. The van der Waals surface area contributed by atoms with E-state index in [4.69, 9.17) is 9.72 Å². The number of rotatable bonds is 5. The molecule has 8 heteroatoms. The van der Waals surface area contributed by atoms with Crippen molar-refractivity contribution >= 4 is 11.9 Å². The van der Waals surface area contributed by atoms with Gasteiger partial charge in [-0.05, 0) is 43.0 Å². The van der Waals surface area contributed by atoms with Crippen molar-refractivity contribution in [3.63, 3.8) is 0 Å². The van der Waals surface area contributed by atoms with Gasteiger partial charge in [-0.25, -0.2) is 9.97 Å². The number of hydrogen-bond acceptors (Lipinski definition) is 6. The minimum Gasteiger partial charge on any atom is -0.497 e. The number of nitrogens with zero attached hydrogens (tertiary/aromatic N) is 6. The maximum absolute atomic E-state index is 13.4. The lowest BCUT2D eigenvalue weighted by atomic mass is 9.93. The van der Waals surface area contributed by atoms with Gasteiger partial charge in [0.05, 0.1) is 18.8 Å². The number of amides is 1. The minimum absolute atomic E-state index is 0.0182. The summed E-state index contributed by atoms with van der Waals surface area (Å²) < 4.78 is 6.93. The van der Waals surface area contributed by atoms with Crippen LogP contribution in [0.4, 0.5) is 5.95 Å². The topological polar surface area (TPSA) is 76.4 Å². The molecule has 0 aliphatic carbocycles. The van der Waals surface area contributed by atoms with Crippen LogP contribution in [0.1, 0.15) is 41.5 Å². The van der Waals surface area contributed by atoms with Crippen molar-refractivity contribution in [2.24, 2.45) is 7.05 Å². The van der Waals surface area contributed by atoms with Crippen LogP contribution in [0.15, 0.2) is 42.7 Å². The van der Waals surface area contributed by atoms with E-state index in [2.05, 4.69) is 10.1 Å². The van der Waals surface area contributed by atoms with Crippen LogP contribution in [0.25, 0.3) is 11.1 Å². The standard InChI is InChI=1S/C23H28N6O2/c1-27(2)23-24-15-18(16-8-10-17(31-4)11-9-16)21(26-23)19-7-5-6-14-29(19)22(30)20-12-13-25-28(20)3/h8-13,15,19H,5-7,14H2,1-4H3/t19-/m1/s1. The van der Waals surface area contributed by atoms with Crippen molar-refractivity contribution in [2.45, 2.75) is 25.3 Å². The first-order valence-electron chi connectivity index (χ1n) is 10.5. The minimum atomic E-state index is -0.130. The molecular weight excluding hydrogens is 392 g/mol. The summed E-state index contributed by atoms with van der Waals surface area (Å²) in [6, 6.07) is 9.51. The van der Waals surface area contributed by atoms with Gasteiger partial charge in [0.15, 0.2) is 0 Å². The second-order valence-electron chi connectivity index (χ2n) is 7.94. The SMILES string of the molecule is COc1ccc(-c2cnc(N(C)C)nc2[C@H]2CCCCN2C(=O)c2ccnn2C)cc1. The Hall–Kier alpha value is -3.42. The molecule has 0 saturated carbocycles. The largest absolute Gasteiger partial charge is 0.497 e. The molecule has 3 heterocycles. The van der Waals surface area contributed by atoms with Gasteiger partial charge in [0, 0.05) is 45.6 Å². The molecule has 31 heavy (non-hydrogen) atoms. The number of likely N-dealkylation sites (tertiary alicyclic amines) is 1.